The fraction of sp³-hybridized carbons (Fsp3) is 0.846. The predicted molar refractivity (Wildman–Crippen MR) is 65.2 cm³/mol. The van der Waals surface area contributed by atoms with Gasteiger partial charge < -0.3 is 5.11 Å². The molecule has 1 aliphatic rings. The summed E-state index contributed by atoms with van der Waals surface area (Å²) in [5, 5.41) is 9.74. The number of aliphatic hydroxyl groups is 1. The van der Waals surface area contributed by atoms with E-state index in [0.29, 0.717) is 0 Å². The molecule has 0 aliphatic carbocycles. The van der Waals surface area contributed by atoms with Gasteiger partial charge in [-0.05, 0) is 33.6 Å². The molecule has 1 N–H and O–H groups in total. The van der Waals surface area contributed by atoms with Crippen LogP contribution in [0.3, 0.4) is 0 Å². The topological polar surface area (TPSA) is 57.6 Å². The molecule has 0 saturated carbocycles. The molecule has 0 radical (unpaired) electrons. The molecule has 0 aromatic carbocycles. The van der Waals surface area contributed by atoms with Crippen LogP contribution in [-0.4, -0.2) is 33.5 Å². The molecule has 4 heteroatoms. The Bertz CT molecular complexity index is 347. The van der Waals surface area contributed by atoms with Gasteiger partial charge >= 0.3 is 0 Å². The Morgan fingerprint density at radius 3 is 2.06 bits per heavy atom. The van der Waals surface area contributed by atoms with E-state index in [1.54, 1.807) is 20.8 Å². The summed E-state index contributed by atoms with van der Waals surface area (Å²) in [6.45, 7) is 10.8. The van der Waals surface area contributed by atoms with Gasteiger partial charge in [0.2, 0.25) is 11.8 Å². The van der Waals surface area contributed by atoms with Crippen molar-refractivity contribution in [2.45, 2.75) is 59.6 Å². The van der Waals surface area contributed by atoms with Gasteiger partial charge in [0.15, 0.2) is 0 Å². The van der Waals surface area contributed by atoms with Crippen LogP contribution in [-0.2, 0) is 9.59 Å². The molecular weight excluding hydrogens is 218 g/mol. The third kappa shape index (κ3) is 1.99. The van der Waals surface area contributed by atoms with Gasteiger partial charge in [0.05, 0.1) is 17.1 Å². The fourth-order valence-electron chi connectivity index (χ4n) is 2.06. The van der Waals surface area contributed by atoms with E-state index in [9.17, 15) is 14.7 Å². The van der Waals surface area contributed by atoms with E-state index in [-0.39, 0.29) is 24.2 Å². The molecule has 1 saturated heterocycles. The highest BCUT2D eigenvalue weighted by molar-refractivity contribution is 6.06. The van der Waals surface area contributed by atoms with Crippen LogP contribution in [0.4, 0.5) is 0 Å². The lowest BCUT2D eigenvalue weighted by Gasteiger charge is -2.38. The van der Waals surface area contributed by atoms with E-state index >= 15 is 0 Å². The van der Waals surface area contributed by atoms with Crippen LogP contribution in [0.25, 0.3) is 0 Å². The van der Waals surface area contributed by atoms with Crippen molar-refractivity contribution in [2.75, 3.05) is 0 Å². The molecular formula is C13H23NO3. The van der Waals surface area contributed by atoms with E-state index in [2.05, 4.69) is 0 Å². The standard InChI is InChI=1S/C13H23NO3/c1-8(2)13(6)7-10(16)14(11(13)17)12(4,5)9(3)15/h8-9,15H,7H2,1-6H3. The molecule has 2 amide bonds. The van der Waals surface area contributed by atoms with Crippen LogP contribution in [0, 0.1) is 11.3 Å². The Labute approximate surface area is 103 Å². The molecule has 2 atom stereocenters. The summed E-state index contributed by atoms with van der Waals surface area (Å²) >= 11 is 0. The first kappa shape index (κ1) is 14.2. The van der Waals surface area contributed by atoms with Gasteiger partial charge in [-0.25, -0.2) is 0 Å². The highest BCUT2D eigenvalue weighted by Gasteiger charge is 2.55. The van der Waals surface area contributed by atoms with Crippen molar-refractivity contribution in [1.82, 2.24) is 4.90 Å². The monoisotopic (exact) mass is 241 g/mol. The van der Waals surface area contributed by atoms with Gasteiger partial charge in [0.25, 0.3) is 0 Å². The van der Waals surface area contributed by atoms with E-state index in [4.69, 9.17) is 0 Å². The maximum Gasteiger partial charge on any atom is 0.236 e. The van der Waals surface area contributed by atoms with E-state index < -0.39 is 17.1 Å². The normalized spacial score (nSPS) is 28.1. The Morgan fingerprint density at radius 1 is 1.29 bits per heavy atom. The zero-order valence-electron chi connectivity index (χ0n) is 11.6. The smallest absolute Gasteiger partial charge is 0.236 e. The molecule has 2 unspecified atom stereocenters. The number of carbonyl (C=O) groups excluding carboxylic acids is 2. The largest absolute Gasteiger partial charge is 0.391 e. The maximum atomic E-state index is 12.4. The Hall–Kier alpha value is -0.900. The fourth-order valence-corrected chi connectivity index (χ4v) is 2.06. The van der Waals surface area contributed by atoms with E-state index in [1.165, 1.54) is 4.90 Å². The van der Waals surface area contributed by atoms with Crippen LogP contribution < -0.4 is 0 Å². The minimum absolute atomic E-state index is 0.105. The Balaban J connectivity index is 3.15. The first-order chi connectivity index (χ1) is 7.55. The number of imide groups is 1. The van der Waals surface area contributed by atoms with Crippen LogP contribution in [0.5, 0.6) is 0 Å². The summed E-state index contributed by atoms with van der Waals surface area (Å²) in [5.74, 6) is -0.241. The van der Waals surface area contributed by atoms with Gasteiger partial charge in [0, 0.05) is 6.42 Å². The zero-order valence-corrected chi connectivity index (χ0v) is 11.6. The molecule has 98 valence electrons. The average molecular weight is 241 g/mol. The van der Waals surface area contributed by atoms with Crippen molar-refractivity contribution in [3.8, 4) is 0 Å². The number of carbonyl (C=O) groups is 2. The molecule has 17 heavy (non-hydrogen) atoms. The highest BCUT2D eigenvalue weighted by Crippen LogP contribution is 2.42. The number of rotatable bonds is 3. The van der Waals surface area contributed by atoms with Gasteiger partial charge in [-0.1, -0.05) is 13.8 Å². The molecule has 0 spiro atoms. The van der Waals surface area contributed by atoms with Crippen LogP contribution in [0.15, 0.2) is 0 Å². The molecule has 1 heterocycles. The average Bonchev–Trinajstić information content (AvgIpc) is 2.38. The summed E-state index contributed by atoms with van der Waals surface area (Å²) in [5.41, 5.74) is -1.48. The molecule has 0 bridgehead atoms. The first-order valence-electron chi connectivity index (χ1n) is 6.10. The van der Waals surface area contributed by atoms with Gasteiger partial charge in [-0.2, -0.15) is 0 Å². The SMILES string of the molecule is CC(C)C1(C)CC(=O)N(C(C)(C)C(C)O)C1=O. The zero-order chi connectivity index (χ0) is 13.6. The van der Waals surface area contributed by atoms with E-state index in [1.807, 2.05) is 20.8 Å². The quantitative estimate of drug-likeness (QED) is 0.763. The minimum atomic E-state index is -0.846. The van der Waals surface area contributed by atoms with Crippen molar-refractivity contribution in [3.05, 3.63) is 0 Å². The first-order valence-corrected chi connectivity index (χ1v) is 6.10. The summed E-state index contributed by atoms with van der Waals surface area (Å²) in [6.07, 6.45) is -0.510. The number of amides is 2. The molecule has 0 aromatic heterocycles. The second kappa shape index (κ2) is 4.09. The predicted octanol–water partition coefficient (Wildman–Crippen LogP) is 1.57. The lowest BCUT2D eigenvalue weighted by molar-refractivity contribution is -0.152. The minimum Gasteiger partial charge on any atom is -0.391 e. The summed E-state index contributed by atoms with van der Waals surface area (Å²) < 4.78 is 0. The van der Waals surface area contributed by atoms with Crippen LogP contribution in [0.2, 0.25) is 0 Å². The van der Waals surface area contributed by atoms with Crippen LogP contribution in [0.1, 0.15) is 48.0 Å². The second-order valence-corrected chi connectivity index (χ2v) is 6.11. The van der Waals surface area contributed by atoms with Crippen molar-refractivity contribution in [2.24, 2.45) is 11.3 Å². The molecule has 1 aliphatic heterocycles. The molecule has 1 fully saturated rings. The number of nitrogens with zero attached hydrogens (tertiary/aromatic N) is 1. The highest BCUT2D eigenvalue weighted by atomic mass is 16.3. The van der Waals surface area contributed by atoms with Crippen molar-refractivity contribution >= 4 is 11.8 Å². The van der Waals surface area contributed by atoms with Gasteiger partial charge in [-0.3, -0.25) is 14.5 Å². The Kier molecular flexibility index (Phi) is 3.41. The molecule has 1 rings (SSSR count). The molecule has 0 aromatic rings. The Morgan fingerprint density at radius 2 is 1.76 bits per heavy atom. The molecule has 4 nitrogen and oxygen atoms in total. The summed E-state index contributed by atoms with van der Waals surface area (Å²) in [7, 11) is 0. The van der Waals surface area contributed by atoms with Crippen molar-refractivity contribution in [3.63, 3.8) is 0 Å². The van der Waals surface area contributed by atoms with Crippen molar-refractivity contribution < 1.29 is 14.7 Å². The second-order valence-electron chi connectivity index (χ2n) is 6.11. The van der Waals surface area contributed by atoms with Crippen molar-refractivity contribution in [1.29, 1.82) is 0 Å². The van der Waals surface area contributed by atoms with E-state index in [0.717, 1.165) is 0 Å². The number of likely N-dealkylation sites (tertiary alicyclic amines) is 1. The number of hydrogen-bond acceptors (Lipinski definition) is 3. The maximum absolute atomic E-state index is 12.4. The van der Waals surface area contributed by atoms with Crippen LogP contribution >= 0.6 is 0 Å². The number of aliphatic hydroxyl groups excluding tert-OH is 1. The summed E-state index contributed by atoms with van der Waals surface area (Å²) in [6, 6.07) is 0. The lowest BCUT2D eigenvalue weighted by atomic mass is 9.77. The third-order valence-corrected chi connectivity index (χ3v) is 4.33. The van der Waals surface area contributed by atoms with Gasteiger partial charge in [-0.15, -0.1) is 0 Å². The lowest BCUT2D eigenvalue weighted by Crippen LogP contribution is -2.55. The number of hydrogen-bond donors (Lipinski definition) is 1. The third-order valence-electron chi connectivity index (χ3n) is 4.33. The summed E-state index contributed by atoms with van der Waals surface area (Å²) in [4.78, 5) is 25.7. The van der Waals surface area contributed by atoms with Gasteiger partial charge in [0.1, 0.15) is 0 Å².